The minimum atomic E-state index is -0.337. The molecule has 2 bridgehead atoms. The molecule has 3 N–H and O–H groups in total. The van der Waals surface area contributed by atoms with Gasteiger partial charge in [0.15, 0.2) is 0 Å². The zero-order valence-corrected chi connectivity index (χ0v) is 18.9. The van der Waals surface area contributed by atoms with Crippen LogP contribution in [0.2, 0.25) is 0 Å². The summed E-state index contributed by atoms with van der Waals surface area (Å²) >= 11 is 1.33. The fraction of sp³-hybridized carbons (Fsp3) is 0.360. The highest BCUT2D eigenvalue weighted by atomic mass is 32.1. The number of nitrogens with zero attached hydrogens (tertiary/aromatic N) is 2. The van der Waals surface area contributed by atoms with Crippen LogP contribution >= 0.6 is 11.3 Å². The maximum atomic E-state index is 13.9. The molecule has 2 aromatic heterocycles. The van der Waals surface area contributed by atoms with E-state index in [1.807, 2.05) is 18.2 Å². The summed E-state index contributed by atoms with van der Waals surface area (Å²) in [4.78, 5) is 21.6. The van der Waals surface area contributed by atoms with Crippen molar-refractivity contribution in [2.45, 2.75) is 50.7 Å². The summed E-state index contributed by atoms with van der Waals surface area (Å²) in [5.41, 5.74) is 8.06. The molecule has 4 heterocycles. The van der Waals surface area contributed by atoms with Crippen molar-refractivity contribution in [3.05, 3.63) is 54.0 Å². The third-order valence-electron chi connectivity index (χ3n) is 7.12. The molecule has 2 saturated heterocycles. The number of fused-ring (bicyclic) bond motifs is 4. The minimum absolute atomic E-state index is 0.182. The first-order valence-electron chi connectivity index (χ1n) is 11.4. The zero-order chi connectivity index (χ0) is 22.5. The summed E-state index contributed by atoms with van der Waals surface area (Å²) in [5.74, 6) is 0.576. The first-order valence-corrected chi connectivity index (χ1v) is 12.2. The lowest BCUT2D eigenvalue weighted by Gasteiger charge is -2.38. The molecule has 6 nitrogen and oxygen atoms in total. The smallest absolute Gasteiger partial charge is 0.279 e. The first kappa shape index (κ1) is 20.6. The van der Waals surface area contributed by atoms with Crippen molar-refractivity contribution in [2.24, 2.45) is 11.7 Å². The topological polar surface area (TPSA) is 84.2 Å². The van der Waals surface area contributed by atoms with E-state index in [1.165, 1.54) is 41.2 Å². The zero-order valence-electron chi connectivity index (χ0n) is 18.1. The van der Waals surface area contributed by atoms with Crippen LogP contribution in [-0.2, 0) is 11.3 Å². The van der Waals surface area contributed by atoms with E-state index in [1.54, 1.807) is 6.07 Å². The number of rotatable bonds is 6. The molecule has 33 heavy (non-hydrogen) atoms. The molecule has 170 valence electrons. The summed E-state index contributed by atoms with van der Waals surface area (Å²) in [5, 5.41) is 1.60. The molecule has 0 saturated carbocycles. The fourth-order valence-electron chi connectivity index (χ4n) is 5.69. The van der Waals surface area contributed by atoms with Crippen molar-refractivity contribution in [1.29, 1.82) is 0 Å². The van der Waals surface area contributed by atoms with E-state index in [2.05, 4.69) is 27.1 Å². The number of halogens is 1. The minimum Gasteiger partial charge on any atom is -0.431 e. The molecule has 8 heteroatoms. The predicted octanol–water partition coefficient (Wildman–Crippen LogP) is 5.33. The van der Waals surface area contributed by atoms with Crippen molar-refractivity contribution in [3.8, 4) is 10.9 Å². The molecule has 3 atom stereocenters. The van der Waals surface area contributed by atoms with E-state index >= 15 is 0 Å². The molecule has 2 fully saturated rings. The number of thiazole rings is 1. The first-order chi connectivity index (χ1) is 16.0. The summed E-state index contributed by atoms with van der Waals surface area (Å²) < 4.78 is 20.6. The van der Waals surface area contributed by atoms with Gasteiger partial charge in [-0.2, -0.15) is 4.98 Å². The summed E-state index contributed by atoms with van der Waals surface area (Å²) in [6, 6.07) is 12.0. The van der Waals surface area contributed by atoms with Crippen LogP contribution in [0.15, 0.2) is 42.6 Å². The van der Waals surface area contributed by atoms with Gasteiger partial charge in [0.2, 0.25) is 5.91 Å². The number of piperidine rings is 1. The number of nitrogens with one attached hydrogen (secondary N) is 1. The van der Waals surface area contributed by atoms with E-state index < -0.39 is 0 Å². The van der Waals surface area contributed by atoms with Gasteiger partial charge >= 0.3 is 0 Å². The van der Waals surface area contributed by atoms with Crippen LogP contribution in [-0.4, -0.2) is 32.9 Å². The van der Waals surface area contributed by atoms with Crippen LogP contribution in [0.25, 0.3) is 21.1 Å². The van der Waals surface area contributed by atoms with Crippen molar-refractivity contribution in [1.82, 2.24) is 14.9 Å². The maximum absolute atomic E-state index is 13.9. The normalized spacial score (nSPS) is 22.9. The number of benzene rings is 2. The molecule has 2 aromatic carbocycles. The molecular formula is C25H25FN4O2S. The van der Waals surface area contributed by atoms with Gasteiger partial charge < -0.3 is 15.5 Å². The Morgan fingerprint density at radius 1 is 1.24 bits per heavy atom. The molecule has 1 unspecified atom stereocenters. The number of amides is 1. The molecule has 4 aromatic rings. The second kappa shape index (κ2) is 8.11. The highest BCUT2D eigenvalue weighted by Gasteiger charge is 2.40. The van der Waals surface area contributed by atoms with Gasteiger partial charge in [-0.3, -0.25) is 9.69 Å². The molecular weight excluding hydrogens is 439 g/mol. The standard InChI is InChI=1S/C25H25FN4O2S/c26-20-2-1-3-22-24(20)29-25(33-22)32-18-6-7-19-15(12-28-21(19)11-18)13-30-16-4-5-17(30)9-14(8-16)10-23(27)31/h1-3,6-7,11-12,14,16-17,28H,4-5,8-10,13H2,(H2,27,31)/t14?,16-,17+. The Morgan fingerprint density at radius 3 is 2.82 bits per heavy atom. The lowest BCUT2D eigenvalue weighted by molar-refractivity contribution is -0.119. The van der Waals surface area contributed by atoms with E-state index in [0.717, 1.165) is 29.6 Å². The SMILES string of the molecule is NC(=O)CC1C[C@H]2CC[C@@H](C1)N2Cc1c[nH]c2cc(Oc3nc4c(F)cccc4s3)ccc12. The number of carbonyl (C=O) groups excluding carboxylic acids is 1. The Hall–Kier alpha value is -2.97. The van der Waals surface area contributed by atoms with Gasteiger partial charge in [-0.15, -0.1) is 0 Å². The van der Waals surface area contributed by atoms with Crippen LogP contribution < -0.4 is 10.5 Å². The average Bonchev–Trinajstić information content (AvgIpc) is 3.43. The number of hydrogen-bond donors (Lipinski definition) is 2. The van der Waals surface area contributed by atoms with Crippen molar-refractivity contribution in [3.63, 3.8) is 0 Å². The van der Waals surface area contributed by atoms with Crippen molar-refractivity contribution >= 4 is 38.4 Å². The number of H-pyrrole nitrogens is 1. The molecule has 1 amide bonds. The third-order valence-corrected chi connectivity index (χ3v) is 8.02. The van der Waals surface area contributed by atoms with E-state index in [-0.39, 0.29) is 11.7 Å². The number of carbonyl (C=O) groups is 1. The van der Waals surface area contributed by atoms with E-state index in [9.17, 15) is 9.18 Å². The largest absolute Gasteiger partial charge is 0.431 e. The highest BCUT2D eigenvalue weighted by molar-refractivity contribution is 7.20. The molecule has 0 aliphatic carbocycles. The Balaban J connectivity index is 1.19. The third kappa shape index (κ3) is 3.87. The number of nitrogens with two attached hydrogens (primary N) is 1. The summed E-state index contributed by atoms with van der Waals surface area (Å²) in [6.45, 7) is 0.899. The van der Waals surface area contributed by atoms with Gasteiger partial charge in [0.1, 0.15) is 17.1 Å². The number of ether oxygens (including phenoxy) is 1. The van der Waals surface area contributed by atoms with E-state index in [4.69, 9.17) is 10.5 Å². The Bertz CT molecular complexity index is 1330. The van der Waals surface area contributed by atoms with Crippen LogP contribution in [0.1, 0.15) is 37.7 Å². The Kier molecular flexibility index (Phi) is 5.07. The predicted molar refractivity (Wildman–Crippen MR) is 127 cm³/mol. The van der Waals surface area contributed by atoms with Crippen LogP contribution in [0.4, 0.5) is 4.39 Å². The number of para-hydroxylation sites is 1. The van der Waals surface area contributed by atoms with Crippen molar-refractivity contribution in [2.75, 3.05) is 0 Å². The summed E-state index contributed by atoms with van der Waals surface area (Å²) in [6.07, 6.45) is 7.10. The van der Waals surface area contributed by atoms with Gasteiger partial charge in [0.25, 0.3) is 5.19 Å². The molecule has 0 radical (unpaired) electrons. The van der Waals surface area contributed by atoms with Gasteiger partial charge in [0.05, 0.1) is 4.70 Å². The van der Waals surface area contributed by atoms with E-state index in [0.29, 0.717) is 40.9 Å². The number of aromatic nitrogens is 2. The number of primary amides is 1. The van der Waals surface area contributed by atoms with Crippen molar-refractivity contribution < 1.29 is 13.9 Å². The van der Waals surface area contributed by atoms with Gasteiger partial charge in [-0.05, 0) is 61.4 Å². The maximum Gasteiger partial charge on any atom is 0.279 e. The number of aromatic amines is 1. The molecule has 0 spiro atoms. The average molecular weight is 465 g/mol. The Morgan fingerprint density at radius 2 is 2.06 bits per heavy atom. The fourth-order valence-corrected chi connectivity index (χ4v) is 6.54. The quantitative estimate of drug-likeness (QED) is 0.404. The highest BCUT2D eigenvalue weighted by Crippen LogP contribution is 2.41. The lowest BCUT2D eigenvalue weighted by Crippen LogP contribution is -2.43. The van der Waals surface area contributed by atoms with Crippen LogP contribution in [0.5, 0.6) is 10.9 Å². The second-order valence-corrected chi connectivity index (χ2v) is 10.2. The van der Waals surface area contributed by atoms with Gasteiger partial charge in [0, 0.05) is 48.2 Å². The Labute approximate surface area is 194 Å². The van der Waals surface area contributed by atoms with Crippen LogP contribution in [0.3, 0.4) is 0 Å². The monoisotopic (exact) mass is 464 g/mol. The molecule has 6 rings (SSSR count). The van der Waals surface area contributed by atoms with Gasteiger partial charge in [-0.25, -0.2) is 4.39 Å². The van der Waals surface area contributed by atoms with Crippen LogP contribution in [0, 0.1) is 11.7 Å². The lowest BCUT2D eigenvalue weighted by atomic mass is 9.87. The second-order valence-electron chi connectivity index (χ2n) is 9.25. The summed E-state index contributed by atoms with van der Waals surface area (Å²) in [7, 11) is 0. The molecule has 2 aliphatic rings. The number of hydrogen-bond acceptors (Lipinski definition) is 5. The molecule has 2 aliphatic heterocycles. The van der Waals surface area contributed by atoms with Gasteiger partial charge in [-0.1, -0.05) is 17.4 Å².